The second-order valence-electron chi connectivity index (χ2n) is 6.43. The van der Waals surface area contributed by atoms with Crippen molar-refractivity contribution in [3.63, 3.8) is 0 Å². The third-order valence-electron chi connectivity index (χ3n) is 4.71. The summed E-state index contributed by atoms with van der Waals surface area (Å²) in [5.41, 5.74) is 0.678. The first-order chi connectivity index (χ1) is 12.2. The van der Waals surface area contributed by atoms with Crippen LogP contribution >= 0.6 is 0 Å². The molecule has 2 aromatic rings. The van der Waals surface area contributed by atoms with Crippen LogP contribution in [-0.2, 0) is 9.53 Å². The van der Waals surface area contributed by atoms with E-state index >= 15 is 0 Å². The number of rotatable bonds is 5. The van der Waals surface area contributed by atoms with Gasteiger partial charge in [0.2, 0.25) is 5.91 Å². The lowest BCUT2D eigenvalue weighted by atomic mass is 10.0. The summed E-state index contributed by atoms with van der Waals surface area (Å²) >= 11 is 0. The average molecular weight is 340 g/mol. The molecule has 132 valence electrons. The number of ether oxygens (including phenoxy) is 1. The molecule has 0 unspecified atom stereocenters. The first kappa shape index (κ1) is 17.4. The van der Waals surface area contributed by atoms with Crippen molar-refractivity contribution in [3.05, 3.63) is 48.0 Å². The molecule has 0 atom stereocenters. The zero-order valence-corrected chi connectivity index (χ0v) is 14.5. The molecule has 2 amide bonds. The number of carbonyl (C=O) groups is 2. The minimum Gasteiger partial charge on any atom is -0.384 e. The van der Waals surface area contributed by atoms with Crippen molar-refractivity contribution in [1.29, 1.82) is 0 Å². The van der Waals surface area contributed by atoms with Crippen LogP contribution in [0.15, 0.2) is 42.5 Å². The number of benzene rings is 2. The summed E-state index contributed by atoms with van der Waals surface area (Å²) in [5, 5.41) is 5.29. The molecule has 1 heterocycles. The molecule has 1 aliphatic heterocycles. The van der Waals surface area contributed by atoms with E-state index in [-0.39, 0.29) is 17.9 Å². The van der Waals surface area contributed by atoms with E-state index in [4.69, 9.17) is 4.74 Å². The van der Waals surface area contributed by atoms with E-state index in [1.807, 2.05) is 47.4 Å². The molecule has 0 spiro atoms. The van der Waals surface area contributed by atoms with Crippen molar-refractivity contribution in [3.8, 4) is 0 Å². The SMILES string of the molecule is COCCC(=O)N1CCC(NC(=O)c2ccc3ccccc3c2)CC1. The van der Waals surface area contributed by atoms with Crippen LogP contribution in [0.4, 0.5) is 0 Å². The largest absolute Gasteiger partial charge is 0.384 e. The van der Waals surface area contributed by atoms with Gasteiger partial charge in [0.15, 0.2) is 0 Å². The molecule has 1 N–H and O–H groups in total. The van der Waals surface area contributed by atoms with E-state index in [1.54, 1.807) is 7.11 Å². The number of amides is 2. The molecule has 25 heavy (non-hydrogen) atoms. The van der Waals surface area contributed by atoms with Crippen molar-refractivity contribution in [2.75, 3.05) is 26.8 Å². The van der Waals surface area contributed by atoms with Gasteiger partial charge >= 0.3 is 0 Å². The molecule has 1 aliphatic rings. The van der Waals surface area contributed by atoms with E-state index in [0.29, 0.717) is 31.7 Å². The first-order valence-corrected chi connectivity index (χ1v) is 8.74. The molecular weight excluding hydrogens is 316 g/mol. The lowest BCUT2D eigenvalue weighted by molar-refractivity contribution is -0.133. The fourth-order valence-electron chi connectivity index (χ4n) is 3.22. The smallest absolute Gasteiger partial charge is 0.251 e. The highest BCUT2D eigenvalue weighted by atomic mass is 16.5. The van der Waals surface area contributed by atoms with Crippen LogP contribution in [0.3, 0.4) is 0 Å². The van der Waals surface area contributed by atoms with Crippen LogP contribution in [0.5, 0.6) is 0 Å². The molecule has 0 saturated carbocycles. The van der Waals surface area contributed by atoms with Crippen molar-refractivity contribution >= 4 is 22.6 Å². The molecule has 0 aromatic heterocycles. The first-order valence-electron chi connectivity index (χ1n) is 8.74. The number of hydrogen-bond acceptors (Lipinski definition) is 3. The molecule has 1 saturated heterocycles. The maximum atomic E-state index is 12.5. The van der Waals surface area contributed by atoms with Crippen LogP contribution in [0, 0.1) is 0 Å². The van der Waals surface area contributed by atoms with Crippen molar-refractivity contribution in [2.45, 2.75) is 25.3 Å². The Morgan fingerprint density at radius 2 is 1.84 bits per heavy atom. The number of methoxy groups -OCH3 is 1. The maximum Gasteiger partial charge on any atom is 0.251 e. The Labute approximate surface area is 148 Å². The van der Waals surface area contributed by atoms with E-state index in [1.165, 1.54) is 0 Å². The van der Waals surface area contributed by atoms with Crippen LogP contribution in [-0.4, -0.2) is 49.6 Å². The van der Waals surface area contributed by atoms with Crippen molar-refractivity contribution in [2.24, 2.45) is 0 Å². The lowest BCUT2D eigenvalue weighted by Gasteiger charge is -2.32. The van der Waals surface area contributed by atoms with E-state index in [0.717, 1.165) is 23.6 Å². The molecule has 0 aliphatic carbocycles. The summed E-state index contributed by atoms with van der Waals surface area (Å²) < 4.78 is 4.95. The summed E-state index contributed by atoms with van der Waals surface area (Å²) in [7, 11) is 1.60. The van der Waals surface area contributed by atoms with Gasteiger partial charge in [0, 0.05) is 31.8 Å². The molecule has 3 rings (SSSR count). The molecule has 5 heteroatoms. The zero-order valence-electron chi connectivity index (χ0n) is 14.5. The summed E-state index contributed by atoms with van der Waals surface area (Å²) in [4.78, 5) is 26.4. The number of fused-ring (bicyclic) bond motifs is 1. The summed E-state index contributed by atoms with van der Waals surface area (Å²) in [6.45, 7) is 1.83. The average Bonchev–Trinajstić information content (AvgIpc) is 2.66. The van der Waals surface area contributed by atoms with E-state index < -0.39 is 0 Å². The normalized spacial score (nSPS) is 15.3. The molecule has 0 bridgehead atoms. The maximum absolute atomic E-state index is 12.5. The molecule has 5 nitrogen and oxygen atoms in total. The second kappa shape index (κ2) is 8.12. The van der Waals surface area contributed by atoms with Gasteiger partial charge in [0.25, 0.3) is 5.91 Å². The molecular formula is C20H24N2O3. The summed E-state index contributed by atoms with van der Waals surface area (Å²) in [5.74, 6) is 0.0797. The Morgan fingerprint density at radius 1 is 1.12 bits per heavy atom. The second-order valence-corrected chi connectivity index (χ2v) is 6.43. The minimum absolute atomic E-state index is 0.0464. The number of nitrogens with one attached hydrogen (secondary N) is 1. The zero-order chi connectivity index (χ0) is 17.6. The predicted octanol–water partition coefficient (Wildman–Crippen LogP) is 2.60. The third kappa shape index (κ3) is 4.37. The van der Waals surface area contributed by atoms with Crippen LogP contribution in [0.25, 0.3) is 10.8 Å². The Morgan fingerprint density at radius 3 is 2.56 bits per heavy atom. The number of nitrogens with zero attached hydrogens (tertiary/aromatic N) is 1. The monoisotopic (exact) mass is 340 g/mol. The van der Waals surface area contributed by atoms with Gasteiger partial charge in [0.1, 0.15) is 0 Å². The lowest BCUT2D eigenvalue weighted by Crippen LogP contribution is -2.46. The Hall–Kier alpha value is -2.40. The van der Waals surface area contributed by atoms with Gasteiger partial charge in [-0.2, -0.15) is 0 Å². The number of carbonyl (C=O) groups excluding carboxylic acids is 2. The number of likely N-dealkylation sites (tertiary alicyclic amines) is 1. The van der Waals surface area contributed by atoms with Crippen molar-refractivity contribution < 1.29 is 14.3 Å². The van der Waals surface area contributed by atoms with Crippen LogP contribution in [0.2, 0.25) is 0 Å². The topological polar surface area (TPSA) is 58.6 Å². The minimum atomic E-state index is -0.0464. The van der Waals surface area contributed by atoms with Gasteiger partial charge in [-0.05, 0) is 35.7 Å². The molecule has 0 radical (unpaired) electrons. The van der Waals surface area contributed by atoms with Gasteiger partial charge in [-0.3, -0.25) is 9.59 Å². The van der Waals surface area contributed by atoms with E-state index in [9.17, 15) is 9.59 Å². The van der Waals surface area contributed by atoms with Gasteiger partial charge in [-0.1, -0.05) is 30.3 Å². The van der Waals surface area contributed by atoms with Gasteiger partial charge in [0.05, 0.1) is 13.0 Å². The third-order valence-corrected chi connectivity index (χ3v) is 4.71. The van der Waals surface area contributed by atoms with Gasteiger partial charge in [-0.15, -0.1) is 0 Å². The predicted molar refractivity (Wildman–Crippen MR) is 97.5 cm³/mol. The molecule has 2 aromatic carbocycles. The number of hydrogen-bond donors (Lipinski definition) is 1. The van der Waals surface area contributed by atoms with Gasteiger partial charge < -0.3 is 15.0 Å². The van der Waals surface area contributed by atoms with Crippen LogP contribution < -0.4 is 5.32 Å². The highest BCUT2D eigenvalue weighted by molar-refractivity contribution is 5.98. The highest BCUT2D eigenvalue weighted by Gasteiger charge is 2.23. The quantitative estimate of drug-likeness (QED) is 0.910. The Kier molecular flexibility index (Phi) is 5.66. The Balaban J connectivity index is 1.54. The number of piperidine rings is 1. The summed E-state index contributed by atoms with van der Waals surface area (Å²) in [6.07, 6.45) is 2.00. The Bertz CT molecular complexity index is 751. The fourth-order valence-corrected chi connectivity index (χ4v) is 3.22. The van der Waals surface area contributed by atoms with Crippen molar-refractivity contribution in [1.82, 2.24) is 10.2 Å². The van der Waals surface area contributed by atoms with Crippen LogP contribution in [0.1, 0.15) is 29.6 Å². The molecule has 1 fully saturated rings. The summed E-state index contributed by atoms with van der Waals surface area (Å²) in [6, 6.07) is 13.9. The van der Waals surface area contributed by atoms with Gasteiger partial charge in [-0.25, -0.2) is 0 Å². The highest BCUT2D eigenvalue weighted by Crippen LogP contribution is 2.17. The fraction of sp³-hybridized carbons (Fsp3) is 0.400. The van der Waals surface area contributed by atoms with E-state index in [2.05, 4.69) is 5.32 Å². The standard InChI is InChI=1S/C20H24N2O3/c1-25-13-10-19(23)22-11-8-18(9-12-22)21-20(24)17-7-6-15-4-2-3-5-16(15)14-17/h2-7,14,18H,8-13H2,1H3,(H,21,24).